The molecule has 2 aromatic rings. The molecular formula is C21H22O. The monoisotopic (exact) mass is 290 g/mol. The highest BCUT2D eigenvalue weighted by Gasteiger charge is 2.20. The lowest BCUT2D eigenvalue weighted by Gasteiger charge is -2.23. The molecule has 0 atom stereocenters. The third kappa shape index (κ3) is 2.71. The van der Waals surface area contributed by atoms with Gasteiger partial charge in [0.15, 0.2) is 0 Å². The van der Waals surface area contributed by atoms with Crippen molar-refractivity contribution in [1.82, 2.24) is 0 Å². The minimum Gasteiger partial charge on any atom is -0.496 e. The molecule has 1 heteroatoms. The van der Waals surface area contributed by atoms with E-state index in [1.54, 1.807) is 7.11 Å². The quantitative estimate of drug-likeness (QED) is 0.721. The van der Waals surface area contributed by atoms with Gasteiger partial charge < -0.3 is 4.74 Å². The van der Waals surface area contributed by atoms with Gasteiger partial charge in [-0.15, -0.1) is 0 Å². The van der Waals surface area contributed by atoms with Gasteiger partial charge in [-0.25, -0.2) is 0 Å². The second-order valence-electron chi connectivity index (χ2n) is 5.85. The summed E-state index contributed by atoms with van der Waals surface area (Å²) in [6.45, 7) is 4.30. The second-order valence-corrected chi connectivity index (χ2v) is 5.85. The van der Waals surface area contributed by atoms with E-state index < -0.39 is 0 Å². The van der Waals surface area contributed by atoms with Gasteiger partial charge in [-0.2, -0.15) is 0 Å². The average Bonchev–Trinajstić information content (AvgIpc) is 2.55. The van der Waals surface area contributed by atoms with Gasteiger partial charge in [-0.1, -0.05) is 54.1 Å². The Hall–Kier alpha value is -2.28. The summed E-state index contributed by atoms with van der Waals surface area (Å²) < 4.78 is 5.68. The Bertz CT molecular complexity index is 733. The van der Waals surface area contributed by atoms with E-state index >= 15 is 0 Å². The molecule has 22 heavy (non-hydrogen) atoms. The third-order valence-corrected chi connectivity index (χ3v) is 4.30. The summed E-state index contributed by atoms with van der Waals surface area (Å²) in [5.41, 5.74) is 7.79. The van der Waals surface area contributed by atoms with Crippen molar-refractivity contribution in [2.45, 2.75) is 26.7 Å². The first kappa shape index (κ1) is 14.6. The number of hydrogen-bond acceptors (Lipinski definition) is 1. The van der Waals surface area contributed by atoms with E-state index in [1.165, 1.54) is 33.4 Å². The maximum absolute atomic E-state index is 5.68. The van der Waals surface area contributed by atoms with Crippen molar-refractivity contribution < 1.29 is 4.74 Å². The van der Waals surface area contributed by atoms with E-state index in [2.05, 4.69) is 68.5 Å². The highest BCUT2D eigenvalue weighted by molar-refractivity contribution is 5.98. The molecule has 0 fully saturated rings. The zero-order valence-corrected chi connectivity index (χ0v) is 13.5. The molecule has 1 nitrogen and oxygen atoms in total. The molecule has 0 bridgehead atoms. The number of rotatable bonds is 3. The van der Waals surface area contributed by atoms with E-state index in [0.717, 1.165) is 18.6 Å². The fourth-order valence-corrected chi connectivity index (χ4v) is 3.13. The Balaban J connectivity index is 2.22. The predicted octanol–water partition coefficient (Wildman–Crippen LogP) is 5.54. The summed E-state index contributed by atoms with van der Waals surface area (Å²) in [4.78, 5) is 0. The van der Waals surface area contributed by atoms with E-state index in [0.29, 0.717) is 0 Å². The van der Waals surface area contributed by atoms with E-state index in [4.69, 9.17) is 4.74 Å². The van der Waals surface area contributed by atoms with Gasteiger partial charge in [0.2, 0.25) is 0 Å². The van der Waals surface area contributed by atoms with Crippen molar-refractivity contribution in [3.05, 3.63) is 82.6 Å². The topological polar surface area (TPSA) is 9.23 Å². The fraction of sp³-hybridized carbons (Fsp3) is 0.238. The van der Waals surface area contributed by atoms with Crippen LogP contribution in [0.2, 0.25) is 0 Å². The molecule has 112 valence electrons. The Morgan fingerprint density at radius 3 is 2.32 bits per heavy atom. The number of aryl methyl sites for hydroxylation is 2. The Morgan fingerprint density at radius 1 is 0.909 bits per heavy atom. The number of benzene rings is 2. The van der Waals surface area contributed by atoms with E-state index in [-0.39, 0.29) is 0 Å². The van der Waals surface area contributed by atoms with Crippen molar-refractivity contribution in [3.8, 4) is 0 Å². The van der Waals surface area contributed by atoms with Gasteiger partial charge in [-0.3, -0.25) is 0 Å². The first-order valence-electron chi connectivity index (χ1n) is 7.81. The molecule has 2 aromatic carbocycles. The molecule has 0 N–H and O–H groups in total. The van der Waals surface area contributed by atoms with Crippen LogP contribution in [0, 0.1) is 13.8 Å². The van der Waals surface area contributed by atoms with E-state index in [1.807, 2.05) is 0 Å². The van der Waals surface area contributed by atoms with Crippen LogP contribution in [0.25, 0.3) is 11.1 Å². The van der Waals surface area contributed by atoms with Gasteiger partial charge in [0.05, 0.1) is 7.11 Å². The first-order valence-corrected chi connectivity index (χ1v) is 7.81. The molecule has 0 unspecified atom stereocenters. The smallest absolute Gasteiger partial charge is 0.123 e. The summed E-state index contributed by atoms with van der Waals surface area (Å²) in [5, 5.41) is 0. The minimum atomic E-state index is 0.994. The molecule has 0 saturated carbocycles. The first-order chi connectivity index (χ1) is 10.7. The Morgan fingerprint density at radius 2 is 1.64 bits per heavy atom. The van der Waals surface area contributed by atoms with E-state index in [9.17, 15) is 0 Å². The molecule has 0 spiro atoms. The standard InChI is InChI=1S/C21H22O/c1-15-11-13-17(14-12-15)21-19(9-6-10-20(21)22-3)18-8-5-4-7-16(18)2/h4-5,7-8,10-14H,6,9H2,1-3H3. The molecule has 0 amide bonds. The largest absolute Gasteiger partial charge is 0.496 e. The molecule has 1 aliphatic carbocycles. The average molecular weight is 290 g/mol. The molecule has 0 heterocycles. The van der Waals surface area contributed by atoms with Crippen LogP contribution in [0.15, 0.2) is 60.4 Å². The molecule has 0 aromatic heterocycles. The maximum atomic E-state index is 5.68. The van der Waals surface area contributed by atoms with Crippen LogP contribution in [0.4, 0.5) is 0 Å². The zero-order valence-electron chi connectivity index (χ0n) is 13.5. The molecule has 0 saturated heterocycles. The lowest BCUT2D eigenvalue weighted by molar-refractivity contribution is 0.308. The highest BCUT2D eigenvalue weighted by Crippen LogP contribution is 2.39. The van der Waals surface area contributed by atoms with Gasteiger partial charge in [-0.05, 0) is 55.0 Å². The zero-order chi connectivity index (χ0) is 15.5. The third-order valence-electron chi connectivity index (χ3n) is 4.30. The summed E-state index contributed by atoms with van der Waals surface area (Å²) in [6.07, 6.45) is 4.29. The van der Waals surface area contributed by atoms with Crippen LogP contribution < -0.4 is 0 Å². The van der Waals surface area contributed by atoms with Gasteiger partial charge >= 0.3 is 0 Å². The molecule has 3 rings (SSSR count). The summed E-state index contributed by atoms with van der Waals surface area (Å²) in [5.74, 6) is 0.994. The Labute approximate surface area is 133 Å². The van der Waals surface area contributed by atoms with Gasteiger partial charge in [0.25, 0.3) is 0 Å². The van der Waals surface area contributed by atoms with Crippen LogP contribution in [0.3, 0.4) is 0 Å². The van der Waals surface area contributed by atoms with Gasteiger partial charge in [0.1, 0.15) is 5.76 Å². The van der Waals surface area contributed by atoms with Gasteiger partial charge in [0, 0.05) is 5.57 Å². The van der Waals surface area contributed by atoms with Crippen molar-refractivity contribution in [2.24, 2.45) is 0 Å². The summed E-state index contributed by atoms with van der Waals surface area (Å²) >= 11 is 0. The lowest BCUT2D eigenvalue weighted by Crippen LogP contribution is -2.04. The summed E-state index contributed by atoms with van der Waals surface area (Å²) in [7, 11) is 1.76. The number of ether oxygens (including phenoxy) is 1. The van der Waals surface area contributed by atoms with Crippen LogP contribution in [-0.2, 0) is 4.74 Å². The second kappa shape index (κ2) is 6.23. The van der Waals surface area contributed by atoms with Crippen LogP contribution in [-0.4, -0.2) is 7.11 Å². The van der Waals surface area contributed by atoms with Crippen LogP contribution in [0.1, 0.15) is 35.1 Å². The molecule has 0 aliphatic heterocycles. The lowest BCUT2D eigenvalue weighted by atomic mass is 9.85. The van der Waals surface area contributed by atoms with Crippen molar-refractivity contribution in [1.29, 1.82) is 0 Å². The predicted molar refractivity (Wildman–Crippen MR) is 93.5 cm³/mol. The Kier molecular flexibility index (Phi) is 4.15. The number of methoxy groups -OCH3 is 1. The maximum Gasteiger partial charge on any atom is 0.123 e. The normalized spacial score (nSPS) is 14.8. The molecule has 1 aliphatic rings. The SMILES string of the molecule is COC1=CCCC(c2ccccc2C)=C1c1ccc(C)cc1. The molecule has 0 radical (unpaired) electrons. The van der Waals surface area contributed by atoms with Crippen LogP contribution in [0.5, 0.6) is 0 Å². The van der Waals surface area contributed by atoms with Crippen molar-refractivity contribution >= 4 is 11.1 Å². The number of allylic oxidation sites excluding steroid dienone is 3. The highest BCUT2D eigenvalue weighted by atomic mass is 16.5. The minimum absolute atomic E-state index is 0.994. The van der Waals surface area contributed by atoms with Crippen molar-refractivity contribution in [2.75, 3.05) is 7.11 Å². The number of hydrogen-bond donors (Lipinski definition) is 0. The molecular weight excluding hydrogens is 268 g/mol. The van der Waals surface area contributed by atoms with Crippen LogP contribution >= 0.6 is 0 Å². The summed E-state index contributed by atoms with van der Waals surface area (Å²) in [6, 6.07) is 17.3. The fourth-order valence-electron chi connectivity index (χ4n) is 3.13. The van der Waals surface area contributed by atoms with Crippen molar-refractivity contribution in [3.63, 3.8) is 0 Å².